The summed E-state index contributed by atoms with van der Waals surface area (Å²) in [4.78, 5) is 19.1. The molecule has 4 rings (SSSR count). The minimum absolute atomic E-state index is 0.0439. The van der Waals surface area contributed by atoms with Gasteiger partial charge in [-0.1, -0.05) is 48.5 Å². The summed E-state index contributed by atoms with van der Waals surface area (Å²) < 4.78 is 0. The molecule has 1 amide bonds. The largest absolute Gasteiger partial charge is 0.366 e. The standard InChI is InChI=1S/C23H23N3O/c1-17-6-2-3-8-19(17)14-24-22-11-10-20(15-25-22)23(27)26-13-12-18-7-4-5-9-21(18)16-26/h2-11,15H,12-14,16H2,1H3,(H,24,25). The fourth-order valence-electron chi connectivity index (χ4n) is 3.47. The fourth-order valence-corrected chi connectivity index (χ4v) is 3.47. The summed E-state index contributed by atoms with van der Waals surface area (Å²) in [5.74, 6) is 0.821. The van der Waals surface area contributed by atoms with E-state index in [1.54, 1.807) is 6.20 Å². The van der Waals surface area contributed by atoms with E-state index in [9.17, 15) is 4.79 Å². The van der Waals surface area contributed by atoms with Crippen LogP contribution >= 0.6 is 0 Å². The molecule has 0 unspecified atom stereocenters. The molecule has 0 atom stereocenters. The Labute approximate surface area is 159 Å². The highest BCUT2D eigenvalue weighted by Crippen LogP contribution is 2.20. The molecule has 136 valence electrons. The number of anilines is 1. The Hall–Kier alpha value is -3.14. The van der Waals surface area contributed by atoms with Crippen molar-refractivity contribution < 1.29 is 4.79 Å². The van der Waals surface area contributed by atoms with Gasteiger partial charge >= 0.3 is 0 Å². The zero-order chi connectivity index (χ0) is 18.6. The van der Waals surface area contributed by atoms with Crippen LogP contribution in [0.2, 0.25) is 0 Å². The summed E-state index contributed by atoms with van der Waals surface area (Å²) >= 11 is 0. The minimum atomic E-state index is 0.0439. The van der Waals surface area contributed by atoms with E-state index in [2.05, 4.69) is 47.6 Å². The summed E-state index contributed by atoms with van der Waals surface area (Å²) in [7, 11) is 0. The third-order valence-corrected chi connectivity index (χ3v) is 5.15. The summed E-state index contributed by atoms with van der Waals surface area (Å²) in [6, 6.07) is 20.4. The smallest absolute Gasteiger partial charge is 0.255 e. The van der Waals surface area contributed by atoms with Crippen LogP contribution in [0.1, 0.15) is 32.6 Å². The molecule has 0 spiro atoms. The van der Waals surface area contributed by atoms with Crippen molar-refractivity contribution >= 4 is 11.7 Å². The van der Waals surface area contributed by atoms with Crippen LogP contribution in [0.5, 0.6) is 0 Å². The van der Waals surface area contributed by atoms with E-state index >= 15 is 0 Å². The van der Waals surface area contributed by atoms with Gasteiger partial charge < -0.3 is 10.2 Å². The molecule has 27 heavy (non-hydrogen) atoms. The Balaban J connectivity index is 1.40. The first-order chi connectivity index (χ1) is 13.2. The van der Waals surface area contributed by atoms with Crippen LogP contribution in [-0.4, -0.2) is 22.3 Å². The normalized spacial score (nSPS) is 13.1. The molecule has 0 radical (unpaired) electrons. The van der Waals surface area contributed by atoms with Crippen molar-refractivity contribution in [2.24, 2.45) is 0 Å². The highest BCUT2D eigenvalue weighted by Gasteiger charge is 2.21. The summed E-state index contributed by atoms with van der Waals surface area (Å²) in [6.45, 7) is 4.24. The molecule has 0 aliphatic carbocycles. The first kappa shape index (κ1) is 17.3. The van der Waals surface area contributed by atoms with Crippen molar-refractivity contribution in [2.75, 3.05) is 11.9 Å². The van der Waals surface area contributed by atoms with Crippen LogP contribution in [0.4, 0.5) is 5.82 Å². The van der Waals surface area contributed by atoms with Gasteiger partial charge in [-0.2, -0.15) is 0 Å². The molecule has 3 aromatic rings. The van der Waals surface area contributed by atoms with Crippen LogP contribution in [0.15, 0.2) is 66.9 Å². The van der Waals surface area contributed by atoms with Gasteiger partial charge in [-0.3, -0.25) is 4.79 Å². The maximum atomic E-state index is 12.8. The quantitative estimate of drug-likeness (QED) is 0.761. The molecule has 0 bridgehead atoms. The molecule has 0 fully saturated rings. The van der Waals surface area contributed by atoms with E-state index in [0.29, 0.717) is 12.1 Å². The Morgan fingerprint density at radius 1 is 1.04 bits per heavy atom. The monoisotopic (exact) mass is 357 g/mol. The minimum Gasteiger partial charge on any atom is -0.366 e. The number of rotatable bonds is 4. The molecule has 1 N–H and O–H groups in total. The van der Waals surface area contributed by atoms with Gasteiger partial charge in [0.25, 0.3) is 5.91 Å². The molecule has 4 nitrogen and oxygen atoms in total. The van der Waals surface area contributed by atoms with E-state index in [1.165, 1.54) is 22.3 Å². The third-order valence-electron chi connectivity index (χ3n) is 5.15. The van der Waals surface area contributed by atoms with E-state index in [-0.39, 0.29) is 5.91 Å². The van der Waals surface area contributed by atoms with Crippen molar-refractivity contribution in [1.29, 1.82) is 0 Å². The molecule has 4 heteroatoms. The second kappa shape index (κ2) is 7.62. The summed E-state index contributed by atoms with van der Waals surface area (Å²) in [6.07, 6.45) is 2.58. The van der Waals surface area contributed by atoms with Crippen molar-refractivity contribution in [2.45, 2.75) is 26.4 Å². The van der Waals surface area contributed by atoms with Crippen LogP contribution in [0.3, 0.4) is 0 Å². The number of fused-ring (bicyclic) bond motifs is 1. The van der Waals surface area contributed by atoms with Gasteiger partial charge in [-0.05, 0) is 47.7 Å². The van der Waals surface area contributed by atoms with Crippen molar-refractivity contribution in [1.82, 2.24) is 9.88 Å². The van der Waals surface area contributed by atoms with Crippen LogP contribution in [-0.2, 0) is 19.5 Å². The second-order valence-corrected chi connectivity index (χ2v) is 6.96. The average Bonchev–Trinajstić information content (AvgIpc) is 2.73. The fraction of sp³-hybridized carbons (Fsp3) is 0.217. The lowest BCUT2D eigenvalue weighted by molar-refractivity contribution is 0.0734. The third kappa shape index (κ3) is 3.85. The predicted octanol–water partition coefficient (Wildman–Crippen LogP) is 4.20. The SMILES string of the molecule is Cc1ccccc1CNc1ccc(C(=O)N2CCc3ccccc3C2)cn1. The van der Waals surface area contributed by atoms with Gasteiger partial charge in [0.05, 0.1) is 5.56 Å². The zero-order valence-electron chi connectivity index (χ0n) is 15.5. The molecule has 2 aromatic carbocycles. The number of pyridine rings is 1. The maximum Gasteiger partial charge on any atom is 0.255 e. The zero-order valence-corrected chi connectivity index (χ0v) is 15.5. The molecule has 1 aromatic heterocycles. The summed E-state index contributed by atoms with van der Waals surface area (Å²) in [5, 5.41) is 3.32. The van der Waals surface area contributed by atoms with Crippen molar-refractivity contribution in [3.05, 3.63) is 94.7 Å². The number of nitrogens with one attached hydrogen (secondary N) is 1. The Bertz CT molecular complexity index is 950. The number of nitrogens with zero attached hydrogens (tertiary/aromatic N) is 2. The molecule has 1 aliphatic heterocycles. The Kier molecular flexibility index (Phi) is 4.88. The van der Waals surface area contributed by atoms with Gasteiger partial charge in [0.15, 0.2) is 0 Å². The topological polar surface area (TPSA) is 45.2 Å². The van der Waals surface area contributed by atoms with E-state index < -0.39 is 0 Å². The van der Waals surface area contributed by atoms with Gasteiger partial charge in [-0.15, -0.1) is 0 Å². The Morgan fingerprint density at radius 3 is 2.59 bits per heavy atom. The van der Waals surface area contributed by atoms with Crippen LogP contribution in [0.25, 0.3) is 0 Å². The molecule has 2 heterocycles. The highest BCUT2D eigenvalue weighted by molar-refractivity contribution is 5.94. The maximum absolute atomic E-state index is 12.8. The number of amides is 1. The van der Waals surface area contributed by atoms with Gasteiger partial charge in [0.2, 0.25) is 0 Å². The van der Waals surface area contributed by atoms with Gasteiger partial charge in [0.1, 0.15) is 5.82 Å². The molecule has 0 saturated carbocycles. The van der Waals surface area contributed by atoms with Gasteiger partial charge in [0, 0.05) is 25.8 Å². The van der Waals surface area contributed by atoms with Crippen molar-refractivity contribution in [3.63, 3.8) is 0 Å². The molecule has 1 aliphatic rings. The number of carbonyl (C=O) groups is 1. The first-order valence-corrected chi connectivity index (χ1v) is 9.31. The lowest BCUT2D eigenvalue weighted by Crippen LogP contribution is -2.35. The number of benzene rings is 2. The summed E-state index contributed by atoms with van der Waals surface area (Å²) in [5.41, 5.74) is 5.71. The molecular formula is C23H23N3O. The number of hydrogen-bond acceptors (Lipinski definition) is 3. The number of aromatic nitrogens is 1. The predicted molar refractivity (Wildman–Crippen MR) is 108 cm³/mol. The lowest BCUT2D eigenvalue weighted by Gasteiger charge is -2.28. The Morgan fingerprint density at radius 2 is 1.81 bits per heavy atom. The van der Waals surface area contributed by atoms with Crippen LogP contribution in [0, 0.1) is 6.92 Å². The van der Waals surface area contributed by atoms with Crippen LogP contribution < -0.4 is 5.32 Å². The first-order valence-electron chi connectivity index (χ1n) is 9.31. The number of hydrogen-bond donors (Lipinski definition) is 1. The average molecular weight is 357 g/mol. The van der Waals surface area contributed by atoms with E-state index in [1.807, 2.05) is 35.2 Å². The number of aryl methyl sites for hydroxylation is 1. The second-order valence-electron chi connectivity index (χ2n) is 6.96. The van der Waals surface area contributed by atoms with E-state index in [0.717, 1.165) is 25.3 Å². The lowest BCUT2D eigenvalue weighted by atomic mass is 9.99. The highest BCUT2D eigenvalue weighted by atomic mass is 16.2. The molecular weight excluding hydrogens is 334 g/mol. The van der Waals surface area contributed by atoms with Crippen molar-refractivity contribution in [3.8, 4) is 0 Å². The van der Waals surface area contributed by atoms with E-state index in [4.69, 9.17) is 0 Å². The number of carbonyl (C=O) groups excluding carboxylic acids is 1. The molecule has 0 saturated heterocycles. The van der Waals surface area contributed by atoms with Gasteiger partial charge in [-0.25, -0.2) is 4.98 Å².